The number of primary amides is 1. The Hall–Kier alpha value is -3.62. The first-order valence-corrected chi connectivity index (χ1v) is 9.42. The molecule has 0 aromatic rings. The Labute approximate surface area is 179 Å². The number of aliphatic carboxylic acids is 1. The summed E-state index contributed by atoms with van der Waals surface area (Å²) in [5.41, 5.74) is 31.7. The van der Waals surface area contributed by atoms with Gasteiger partial charge in [-0.15, -0.1) is 0 Å². The molecule has 0 spiro atoms. The Morgan fingerprint density at radius 1 is 0.774 bits per heavy atom. The summed E-state index contributed by atoms with van der Waals surface area (Å²) in [6, 6.07) is -3.64. The van der Waals surface area contributed by atoms with Gasteiger partial charge in [0.25, 0.3) is 0 Å². The van der Waals surface area contributed by atoms with Gasteiger partial charge in [-0.1, -0.05) is 0 Å². The topological polar surface area (TPSA) is 293 Å². The van der Waals surface area contributed by atoms with E-state index in [-0.39, 0.29) is 37.9 Å². The molecule has 176 valence electrons. The van der Waals surface area contributed by atoms with Crippen molar-refractivity contribution in [3.63, 3.8) is 0 Å². The quantitative estimate of drug-likeness (QED) is 0.0660. The van der Waals surface area contributed by atoms with Gasteiger partial charge in [-0.2, -0.15) is 0 Å². The lowest BCUT2D eigenvalue weighted by Gasteiger charge is -2.22. The minimum absolute atomic E-state index is 0.0813. The molecule has 0 aliphatic carbocycles. The van der Waals surface area contributed by atoms with Gasteiger partial charge >= 0.3 is 5.97 Å². The van der Waals surface area contributed by atoms with Crippen molar-refractivity contribution in [2.75, 3.05) is 13.1 Å². The molecule has 3 unspecified atom stereocenters. The van der Waals surface area contributed by atoms with E-state index < -0.39 is 48.2 Å². The third kappa shape index (κ3) is 13.3. The smallest absolute Gasteiger partial charge is 0.326 e. The number of rotatable bonds is 15. The van der Waals surface area contributed by atoms with E-state index in [0.717, 1.165) is 0 Å². The first-order chi connectivity index (χ1) is 14.4. The zero-order valence-corrected chi connectivity index (χ0v) is 17.1. The number of carbonyl (C=O) groups is 4. The van der Waals surface area contributed by atoms with Gasteiger partial charge in [-0.3, -0.25) is 24.4 Å². The molecule has 0 saturated carbocycles. The van der Waals surface area contributed by atoms with Gasteiger partial charge < -0.3 is 50.1 Å². The van der Waals surface area contributed by atoms with Crippen molar-refractivity contribution in [2.24, 2.45) is 44.4 Å². The molecule has 31 heavy (non-hydrogen) atoms. The maximum Gasteiger partial charge on any atom is 0.326 e. The number of hydrogen-bond donors (Lipinski definition) is 9. The first kappa shape index (κ1) is 27.4. The Kier molecular flexibility index (Phi) is 12.7. The van der Waals surface area contributed by atoms with Gasteiger partial charge in [0, 0.05) is 13.1 Å². The Balaban J connectivity index is 5.08. The molecule has 0 saturated heterocycles. The van der Waals surface area contributed by atoms with E-state index in [1.54, 1.807) is 0 Å². The van der Waals surface area contributed by atoms with Crippen LogP contribution in [0.5, 0.6) is 0 Å². The second-order valence-electron chi connectivity index (χ2n) is 6.64. The molecule has 0 heterocycles. The fourth-order valence-electron chi connectivity index (χ4n) is 2.38. The molecule has 0 rings (SSSR count). The maximum atomic E-state index is 12.5. The number of hydrogen-bond acceptors (Lipinski definition) is 7. The summed E-state index contributed by atoms with van der Waals surface area (Å²) < 4.78 is 0. The van der Waals surface area contributed by atoms with Crippen LogP contribution >= 0.6 is 0 Å². The number of amides is 3. The van der Waals surface area contributed by atoms with Gasteiger partial charge in [0.15, 0.2) is 11.9 Å². The number of nitrogens with zero attached hydrogens (tertiary/aromatic N) is 2. The van der Waals surface area contributed by atoms with Crippen molar-refractivity contribution in [2.45, 2.75) is 50.2 Å². The summed E-state index contributed by atoms with van der Waals surface area (Å²) in [7, 11) is 0. The van der Waals surface area contributed by atoms with Crippen LogP contribution in [0, 0.1) is 0 Å². The molecule has 0 aromatic heterocycles. The van der Waals surface area contributed by atoms with Gasteiger partial charge in [0.05, 0.1) is 12.5 Å². The molecule has 0 aliphatic heterocycles. The highest BCUT2D eigenvalue weighted by Crippen LogP contribution is 2.03. The van der Waals surface area contributed by atoms with Crippen molar-refractivity contribution in [1.82, 2.24) is 10.6 Å². The standard InChI is InChI=1S/C16H32N10O5/c17-8(3-1-5-23-15(19)20)12(28)25-9(4-2-6-24-16(21)22)13(29)26-10(14(30)31)7-11(18)27/h8-10H,1-7,17H2,(H2,18,27)(H,25,28)(H,26,29)(H,30,31)(H4,19,20,23)(H4,21,22,24). The Morgan fingerprint density at radius 2 is 1.26 bits per heavy atom. The summed E-state index contributed by atoms with van der Waals surface area (Å²) in [4.78, 5) is 54.7. The number of nitrogens with two attached hydrogens (primary N) is 6. The van der Waals surface area contributed by atoms with Crippen molar-refractivity contribution in [3.05, 3.63) is 0 Å². The van der Waals surface area contributed by atoms with Crippen molar-refractivity contribution < 1.29 is 24.3 Å². The molecule has 0 fully saturated rings. The summed E-state index contributed by atoms with van der Waals surface area (Å²) in [6.07, 6.45) is 0.430. The van der Waals surface area contributed by atoms with E-state index in [9.17, 15) is 19.2 Å². The van der Waals surface area contributed by atoms with Crippen LogP contribution in [-0.2, 0) is 19.2 Å². The summed E-state index contributed by atoms with van der Waals surface area (Å²) in [6.45, 7) is 0.454. The van der Waals surface area contributed by atoms with Gasteiger partial charge in [-0.25, -0.2) is 4.79 Å². The van der Waals surface area contributed by atoms with E-state index in [1.807, 2.05) is 0 Å². The number of carboxylic acids is 1. The third-order valence-corrected chi connectivity index (χ3v) is 3.90. The second kappa shape index (κ2) is 14.4. The molecule has 15 N–H and O–H groups in total. The highest BCUT2D eigenvalue weighted by Gasteiger charge is 2.28. The van der Waals surface area contributed by atoms with E-state index in [1.165, 1.54) is 0 Å². The zero-order chi connectivity index (χ0) is 24.0. The fraction of sp³-hybridized carbons (Fsp3) is 0.625. The summed E-state index contributed by atoms with van der Waals surface area (Å²) >= 11 is 0. The molecule has 0 aliphatic rings. The molecule has 15 heteroatoms. The molecule has 15 nitrogen and oxygen atoms in total. The van der Waals surface area contributed by atoms with E-state index in [4.69, 9.17) is 39.5 Å². The molecule has 3 atom stereocenters. The highest BCUT2D eigenvalue weighted by atomic mass is 16.4. The van der Waals surface area contributed by atoms with Gasteiger partial charge in [0.1, 0.15) is 12.1 Å². The number of aliphatic imine (C=N–C) groups is 2. The predicted molar refractivity (Wildman–Crippen MR) is 113 cm³/mol. The fourth-order valence-corrected chi connectivity index (χ4v) is 2.38. The van der Waals surface area contributed by atoms with E-state index in [2.05, 4.69) is 20.6 Å². The monoisotopic (exact) mass is 444 g/mol. The van der Waals surface area contributed by atoms with Gasteiger partial charge in [-0.05, 0) is 25.7 Å². The second-order valence-corrected chi connectivity index (χ2v) is 6.64. The number of carboxylic acid groups (broad SMARTS) is 1. The van der Waals surface area contributed by atoms with Crippen LogP contribution in [0.1, 0.15) is 32.1 Å². The molecule has 0 aromatic carbocycles. The zero-order valence-electron chi connectivity index (χ0n) is 17.1. The van der Waals surface area contributed by atoms with Crippen LogP contribution in [0.15, 0.2) is 9.98 Å². The minimum atomic E-state index is -1.55. The van der Waals surface area contributed by atoms with Crippen LogP contribution in [0.3, 0.4) is 0 Å². The highest BCUT2D eigenvalue weighted by molar-refractivity contribution is 5.93. The maximum absolute atomic E-state index is 12.5. The van der Waals surface area contributed by atoms with Crippen molar-refractivity contribution in [1.29, 1.82) is 0 Å². The molecule has 0 bridgehead atoms. The summed E-state index contributed by atoms with van der Waals surface area (Å²) in [5, 5.41) is 13.8. The van der Waals surface area contributed by atoms with Crippen molar-refractivity contribution >= 4 is 35.6 Å². The lowest BCUT2D eigenvalue weighted by Crippen LogP contribution is -2.55. The van der Waals surface area contributed by atoms with Crippen LogP contribution in [0.25, 0.3) is 0 Å². The lowest BCUT2D eigenvalue weighted by atomic mass is 10.1. The predicted octanol–water partition coefficient (Wildman–Crippen LogP) is -4.65. The minimum Gasteiger partial charge on any atom is -0.480 e. The van der Waals surface area contributed by atoms with Crippen LogP contribution in [0.2, 0.25) is 0 Å². The SMILES string of the molecule is NC(=O)CC(NC(=O)C(CCCN=C(N)N)NC(=O)C(N)CCCN=C(N)N)C(=O)O. The molecule has 0 radical (unpaired) electrons. The molecule has 3 amide bonds. The van der Waals surface area contributed by atoms with Crippen molar-refractivity contribution in [3.8, 4) is 0 Å². The summed E-state index contributed by atoms with van der Waals surface area (Å²) in [5.74, 6) is -4.04. The largest absolute Gasteiger partial charge is 0.480 e. The number of guanidine groups is 2. The van der Waals surface area contributed by atoms with Gasteiger partial charge in [0.2, 0.25) is 17.7 Å². The average Bonchev–Trinajstić information content (AvgIpc) is 2.65. The molecular formula is C16H32N10O5. The number of carbonyl (C=O) groups excluding carboxylic acids is 3. The molecular weight excluding hydrogens is 412 g/mol. The third-order valence-electron chi connectivity index (χ3n) is 3.90. The van der Waals surface area contributed by atoms with Crippen LogP contribution < -0.4 is 45.0 Å². The van der Waals surface area contributed by atoms with E-state index >= 15 is 0 Å². The normalized spacial score (nSPS) is 13.2. The first-order valence-electron chi connectivity index (χ1n) is 9.42. The van der Waals surface area contributed by atoms with Crippen LogP contribution in [-0.4, -0.2) is 71.9 Å². The Bertz CT molecular complexity index is 688. The number of nitrogens with one attached hydrogen (secondary N) is 2. The van der Waals surface area contributed by atoms with E-state index in [0.29, 0.717) is 12.8 Å². The lowest BCUT2D eigenvalue weighted by molar-refractivity contribution is -0.143. The Morgan fingerprint density at radius 3 is 1.71 bits per heavy atom. The van der Waals surface area contributed by atoms with Crippen LogP contribution in [0.4, 0.5) is 0 Å². The average molecular weight is 444 g/mol.